The summed E-state index contributed by atoms with van der Waals surface area (Å²) in [5, 5.41) is 9.04. The lowest BCUT2D eigenvalue weighted by molar-refractivity contribution is 0.0264. The van der Waals surface area contributed by atoms with Crippen molar-refractivity contribution in [2.75, 3.05) is 19.8 Å². The van der Waals surface area contributed by atoms with Crippen LogP contribution in [0.1, 0.15) is 25.3 Å². The van der Waals surface area contributed by atoms with Crippen molar-refractivity contribution >= 4 is 10.0 Å². The molecule has 1 heterocycles. The summed E-state index contributed by atoms with van der Waals surface area (Å²) in [6.07, 6.45) is 1.52. The van der Waals surface area contributed by atoms with Gasteiger partial charge in [0.1, 0.15) is 10.7 Å². The predicted molar refractivity (Wildman–Crippen MR) is 75.7 cm³/mol. The molecule has 2 rings (SSSR count). The predicted octanol–water partition coefficient (Wildman–Crippen LogP) is 1.41. The van der Waals surface area contributed by atoms with Crippen molar-refractivity contribution < 1.29 is 22.7 Å². The normalized spacial score (nSPS) is 18.6. The minimum atomic E-state index is -3.94. The molecule has 1 aliphatic heterocycles. The van der Waals surface area contributed by atoms with Gasteiger partial charge in [0.2, 0.25) is 10.0 Å². The zero-order valence-corrected chi connectivity index (χ0v) is 12.7. The van der Waals surface area contributed by atoms with Gasteiger partial charge in [-0.2, -0.15) is 0 Å². The summed E-state index contributed by atoms with van der Waals surface area (Å²) in [7, 11) is -3.94. The van der Waals surface area contributed by atoms with Crippen LogP contribution >= 0.6 is 0 Å². The summed E-state index contributed by atoms with van der Waals surface area (Å²) in [5.74, 6) is -0.822. The molecule has 1 aromatic rings. The number of benzene rings is 1. The molecule has 1 fully saturated rings. The summed E-state index contributed by atoms with van der Waals surface area (Å²) in [5.41, 5.74) is 0.171. The maximum absolute atomic E-state index is 13.7. The SMILES string of the molecule is CC1(CNS(=O)(=O)c2cc(CO)ccc2F)CCOCC1. The van der Waals surface area contributed by atoms with Crippen LogP contribution in [-0.2, 0) is 21.4 Å². The number of ether oxygens (including phenoxy) is 1. The van der Waals surface area contributed by atoms with Gasteiger partial charge in [-0.25, -0.2) is 17.5 Å². The number of halogens is 1. The molecule has 21 heavy (non-hydrogen) atoms. The van der Waals surface area contributed by atoms with E-state index in [1.54, 1.807) is 0 Å². The Morgan fingerprint density at radius 1 is 1.38 bits per heavy atom. The molecule has 0 spiro atoms. The zero-order valence-electron chi connectivity index (χ0n) is 11.9. The number of aliphatic hydroxyl groups is 1. The van der Waals surface area contributed by atoms with E-state index in [1.807, 2.05) is 6.92 Å². The molecule has 0 saturated carbocycles. The third-order valence-electron chi connectivity index (χ3n) is 3.86. The number of nitrogens with one attached hydrogen (secondary N) is 1. The molecule has 0 bridgehead atoms. The second kappa shape index (κ2) is 6.39. The summed E-state index contributed by atoms with van der Waals surface area (Å²) in [6, 6.07) is 3.56. The smallest absolute Gasteiger partial charge is 0.243 e. The van der Waals surface area contributed by atoms with Crippen LogP contribution in [0.5, 0.6) is 0 Å². The first-order chi connectivity index (χ1) is 9.86. The van der Waals surface area contributed by atoms with E-state index in [1.165, 1.54) is 6.07 Å². The van der Waals surface area contributed by atoms with Gasteiger partial charge in [-0.05, 0) is 36.0 Å². The van der Waals surface area contributed by atoms with Crippen molar-refractivity contribution in [2.45, 2.75) is 31.3 Å². The van der Waals surface area contributed by atoms with E-state index < -0.39 is 20.7 Å². The molecule has 0 unspecified atom stereocenters. The van der Waals surface area contributed by atoms with E-state index >= 15 is 0 Å². The third kappa shape index (κ3) is 4.00. The Kier molecular flexibility index (Phi) is 4.98. The second-order valence-corrected chi connectivity index (χ2v) is 7.41. The monoisotopic (exact) mass is 317 g/mol. The molecule has 1 saturated heterocycles. The van der Waals surface area contributed by atoms with Gasteiger partial charge in [-0.1, -0.05) is 13.0 Å². The van der Waals surface area contributed by atoms with Crippen LogP contribution < -0.4 is 4.72 Å². The second-order valence-electron chi connectivity index (χ2n) is 5.67. The van der Waals surface area contributed by atoms with Crippen molar-refractivity contribution in [3.8, 4) is 0 Å². The van der Waals surface area contributed by atoms with Gasteiger partial charge >= 0.3 is 0 Å². The van der Waals surface area contributed by atoms with Gasteiger partial charge in [-0.3, -0.25) is 0 Å². The molecule has 0 atom stereocenters. The molecule has 118 valence electrons. The van der Waals surface area contributed by atoms with E-state index in [0.29, 0.717) is 18.8 Å². The lowest BCUT2D eigenvalue weighted by atomic mass is 9.83. The van der Waals surface area contributed by atoms with E-state index in [-0.39, 0.29) is 18.6 Å². The highest BCUT2D eigenvalue weighted by Crippen LogP contribution is 2.29. The van der Waals surface area contributed by atoms with E-state index in [0.717, 1.165) is 25.0 Å². The molecule has 2 N–H and O–H groups in total. The topological polar surface area (TPSA) is 75.6 Å². The van der Waals surface area contributed by atoms with E-state index in [4.69, 9.17) is 9.84 Å². The summed E-state index contributed by atoms with van der Waals surface area (Å²) >= 11 is 0. The van der Waals surface area contributed by atoms with Gasteiger partial charge in [0.25, 0.3) is 0 Å². The zero-order chi connectivity index (χ0) is 15.5. The van der Waals surface area contributed by atoms with Crippen molar-refractivity contribution in [1.29, 1.82) is 0 Å². The molecule has 1 aromatic carbocycles. The van der Waals surface area contributed by atoms with Crippen LogP contribution in [-0.4, -0.2) is 33.3 Å². The standard InChI is InChI=1S/C14H20FNO4S/c1-14(4-6-20-7-5-14)10-16-21(18,19)13-8-11(9-17)2-3-12(13)15/h2-3,8,16-17H,4-7,9-10H2,1H3. The molecule has 7 heteroatoms. The Labute approximate surface area is 124 Å². The van der Waals surface area contributed by atoms with Gasteiger partial charge in [0, 0.05) is 19.8 Å². The maximum Gasteiger partial charge on any atom is 0.243 e. The Balaban J connectivity index is 2.15. The van der Waals surface area contributed by atoms with E-state index in [9.17, 15) is 12.8 Å². The van der Waals surface area contributed by atoms with Crippen LogP contribution in [0.25, 0.3) is 0 Å². The highest BCUT2D eigenvalue weighted by Gasteiger charge is 2.30. The maximum atomic E-state index is 13.7. The van der Waals surface area contributed by atoms with Crippen molar-refractivity contribution in [3.05, 3.63) is 29.6 Å². The van der Waals surface area contributed by atoms with Crippen LogP contribution in [0.4, 0.5) is 4.39 Å². The van der Waals surface area contributed by atoms with Crippen LogP contribution in [0.15, 0.2) is 23.1 Å². The average Bonchev–Trinajstić information content (AvgIpc) is 2.47. The number of aliphatic hydroxyl groups excluding tert-OH is 1. The Morgan fingerprint density at radius 2 is 2.05 bits per heavy atom. The molecule has 1 aliphatic rings. The fraction of sp³-hybridized carbons (Fsp3) is 0.571. The Morgan fingerprint density at radius 3 is 2.67 bits per heavy atom. The lowest BCUT2D eigenvalue weighted by Gasteiger charge is -2.33. The van der Waals surface area contributed by atoms with Crippen LogP contribution in [0.2, 0.25) is 0 Å². The van der Waals surface area contributed by atoms with Gasteiger partial charge in [-0.15, -0.1) is 0 Å². The van der Waals surface area contributed by atoms with Crippen LogP contribution in [0.3, 0.4) is 0 Å². The van der Waals surface area contributed by atoms with Gasteiger partial charge in [0.05, 0.1) is 6.61 Å². The summed E-state index contributed by atoms with van der Waals surface area (Å²) < 4.78 is 46.0. The van der Waals surface area contributed by atoms with Crippen molar-refractivity contribution in [2.24, 2.45) is 5.41 Å². The molecule has 0 aliphatic carbocycles. The quantitative estimate of drug-likeness (QED) is 0.861. The largest absolute Gasteiger partial charge is 0.392 e. The molecule has 0 radical (unpaired) electrons. The average molecular weight is 317 g/mol. The molecule has 0 amide bonds. The van der Waals surface area contributed by atoms with Crippen molar-refractivity contribution in [3.63, 3.8) is 0 Å². The number of sulfonamides is 1. The lowest BCUT2D eigenvalue weighted by Crippen LogP contribution is -2.39. The first-order valence-electron chi connectivity index (χ1n) is 6.83. The highest BCUT2D eigenvalue weighted by molar-refractivity contribution is 7.89. The molecule has 5 nitrogen and oxygen atoms in total. The highest BCUT2D eigenvalue weighted by atomic mass is 32.2. The van der Waals surface area contributed by atoms with Gasteiger partial charge in [0.15, 0.2) is 0 Å². The summed E-state index contributed by atoms with van der Waals surface area (Å²) in [6.45, 7) is 3.09. The van der Waals surface area contributed by atoms with Gasteiger partial charge < -0.3 is 9.84 Å². The number of hydrogen-bond acceptors (Lipinski definition) is 4. The van der Waals surface area contributed by atoms with E-state index in [2.05, 4.69) is 4.72 Å². The minimum absolute atomic E-state index is 0.184. The molecular weight excluding hydrogens is 297 g/mol. The molecular formula is C14H20FNO4S. The first kappa shape index (κ1) is 16.4. The third-order valence-corrected chi connectivity index (χ3v) is 5.27. The fourth-order valence-corrected chi connectivity index (χ4v) is 3.57. The Bertz CT molecular complexity index is 597. The number of rotatable bonds is 5. The number of hydrogen-bond donors (Lipinski definition) is 2. The van der Waals surface area contributed by atoms with Crippen molar-refractivity contribution in [1.82, 2.24) is 4.72 Å². The van der Waals surface area contributed by atoms with Crippen LogP contribution in [0, 0.1) is 11.2 Å². The minimum Gasteiger partial charge on any atom is -0.392 e. The Hall–Kier alpha value is -1.02. The fourth-order valence-electron chi connectivity index (χ4n) is 2.24. The first-order valence-corrected chi connectivity index (χ1v) is 8.31. The molecule has 0 aromatic heterocycles. The summed E-state index contributed by atoms with van der Waals surface area (Å²) in [4.78, 5) is -0.426.